The molecule has 3 nitrogen and oxygen atoms in total. The maximum atomic E-state index is 12.6. The van der Waals surface area contributed by atoms with E-state index < -0.39 is 0 Å². The lowest BCUT2D eigenvalue weighted by Gasteiger charge is -2.33. The molecule has 0 spiro atoms. The number of terminal acetylenes is 1. The van der Waals surface area contributed by atoms with Crippen LogP contribution in [0.4, 0.5) is 0 Å². The van der Waals surface area contributed by atoms with Gasteiger partial charge < -0.3 is 4.90 Å². The largest absolute Gasteiger partial charge is 0.324 e. The molecule has 0 atom stereocenters. The van der Waals surface area contributed by atoms with E-state index in [-0.39, 0.29) is 22.1 Å². The first-order valence-corrected chi connectivity index (χ1v) is 7.44. The Morgan fingerprint density at radius 3 is 2.70 bits per heavy atom. The number of hydrogen-bond donors (Lipinski definition) is 0. The molecule has 1 aromatic heterocycles. The zero-order valence-electron chi connectivity index (χ0n) is 11.1. The van der Waals surface area contributed by atoms with E-state index in [0.717, 1.165) is 25.7 Å². The van der Waals surface area contributed by atoms with E-state index >= 15 is 0 Å². The Hall–Kier alpha value is -1.24. The molecule has 0 aliphatic heterocycles. The van der Waals surface area contributed by atoms with Crippen LogP contribution in [0, 0.1) is 12.3 Å². The van der Waals surface area contributed by atoms with Crippen LogP contribution < -0.4 is 0 Å². The van der Waals surface area contributed by atoms with Crippen LogP contribution in [-0.4, -0.2) is 28.4 Å². The minimum atomic E-state index is -0.124. The van der Waals surface area contributed by atoms with E-state index in [4.69, 9.17) is 29.6 Å². The van der Waals surface area contributed by atoms with Crippen LogP contribution in [0.5, 0.6) is 0 Å². The van der Waals surface area contributed by atoms with Gasteiger partial charge >= 0.3 is 0 Å². The van der Waals surface area contributed by atoms with Crippen LogP contribution in [0.25, 0.3) is 0 Å². The summed E-state index contributed by atoms with van der Waals surface area (Å²) in [5.41, 5.74) is 0.431. The number of amides is 1. The van der Waals surface area contributed by atoms with Gasteiger partial charge in [0.05, 0.1) is 17.1 Å². The summed E-state index contributed by atoms with van der Waals surface area (Å²) < 4.78 is 0. The summed E-state index contributed by atoms with van der Waals surface area (Å²) in [6.07, 6.45) is 12.4. The highest BCUT2D eigenvalue weighted by molar-refractivity contribution is 6.41. The molecule has 0 unspecified atom stereocenters. The topological polar surface area (TPSA) is 33.2 Å². The molecule has 1 aliphatic carbocycles. The number of aromatic nitrogens is 1. The third kappa shape index (κ3) is 3.45. The highest BCUT2D eigenvalue weighted by Gasteiger charge is 2.26. The van der Waals surface area contributed by atoms with Gasteiger partial charge in [-0.2, -0.15) is 0 Å². The number of nitrogens with zero attached hydrogens (tertiary/aromatic N) is 2. The Bertz CT molecular complexity index is 533. The summed E-state index contributed by atoms with van der Waals surface area (Å²) >= 11 is 11.7. The molecule has 0 saturated heterocycles. The van der Waals surface area contributed by atoms with Crippen molar-refractivity contribution in [3.05, 3.63) is 28.0 Å². The zero-order valence-corrected chi connectivity index (χ0v) is 12.6. The quantitative estimate of drug-likeness (QED) is 0.628. The monoisotopic (exact) mass is 310 g/mol. The second-order valence-corrected chi connectivity index (χ2v) is 5.69. The summed E-state index contributed by atoms with van der Waals surface area (Å²) in [6.45, 7) is 0.309. The number of carbonyl (C=O) groups excluding carboxylic acids is 1. The minimum Gasteiger partial charge on any atom is -0.324 e. The summed E-state index contributed by atoms with van der Waals surface area (Å²) in [4.78, 5) is 18.3. The van der Waals surface area contributed by atoms with Crippen molar-refractivity contribution in [3.8, 4) is 12.3 Å². The van der Waals surface area contributed by atoms with Gasteiger partial charge in [0.15, 0.2) is 0 Å². The molecule has 1 fully saturated rings. The molecule has 1 amide bonds. The van der Waals surface area contributed by atoms with Gasteiger partial charge in [-0.1, -0.05) is 48.4 Å². The maximum Gasteiger partial charge on any atom is 0.256 e. The van der Waals surface area contributed by atoms with Crippen LogP contribution >= 0.6 is 23.2 Å². The van der Waals surface area contributed by atoms with E-state index in [9.17, 15) is 4.79 Å². The van der Waals surface area contributed by atoms with E-state index in [2.05, 4.69) is 10.9 Å². The van der Waals surface area contributed by atoms with Gasteiger partial charge in [0.1, 0.15) is 5.15 Å². The van der Waals surface area contributed by atoms with Crippen molar-refractivity contribution in [3.63, 3.8) is 0 Å². The smallest absolute Gasteiger partial charge is 0.256 e. The van der Waals surface area contributed by atoms with Gasteiger partial charge in [-0.15, -0.1) is 6.42 Å². The highest BCUT2D eigenvalue weighted by atomic mass is 35.5. The predicted molar refractivity (Wildman–Crippen MR) is 81.0 cm³/mol. The number of pyridine rings is 1. The summed E-state index contributed by atoms with van der Waals surface area (Å²) in [5, 5.41) is 0.478. The first kappa shape index (κ1) is 15.2. The van der Waals surface area contributed by atoms with E-state index in [1.165, 1.54) is 12.6 Å². The van der Waals surface area contributed by atoms with Gasteiger partial charge in [-0.3, -0.25) is 4.79 Å². The number of carbonyl (C=O) groups is 1. The fourth-order valence-corrected chi connectivity index (χ4v) is 2.83. The van der Waals surface area contributed by atoms with Gasteiger partial charge in [0.25, 0.3) is 5.91 Å². The van der Waals surface area contributed by atoms with Crippen molar-refractivity contribution in [2.24, 2.45) is 0 Å². The van der Waals surface area contributed by atoms with E-state index in [1.54, 1.807) is 11.0 Å². The molecule has 1 heterocycles. The lowest BCUT2D eigenvalue weighted by atomic mass is 9.94. The molecule has 1 aliphatic rings. The fraction of sp³-hybridized carbons (Fsp3) is 0.467. The average Bonchev–Trinajstić information content (AvgIpc) is 2.48. The Morgan fingerprint density at radius 2 is 2.10 bits per heavy atom. The molecule has 1 aromatic rings. The van der Waals surface area contributed by atoms with Gasteiger partial charge in [-0.05, 0) is 18.9 Å². The normalized spacial score (nSPS) is 15.7. The number of hydrogen-bond acceptors (Lipinski definition) is 2. The Labute approximate surface area is 129 Å². The summed E-state index contributed by atoms with van der Waals surface area (Å²) in [5.74, 6) is 2.44. The van der Waals surface area contributed by atoms with Crippen LogP contribution in [-0.2, 0) is 0 Å². The fourth-order valence-electron chi connectivity index (χ4n) is 2.56. The highest BCUT2D eigenvalue weighted by Crippen LogP contribution is 2.25. The van der Waals surface area contributed by atoms with Crippen molar-refractivity contribution in [2.45, 2.75) is 38.1 Å². The minimum absolute atomic E-state index is 0.124. The standard InChI is InChI=1S/C15H16Cl2N2O/c1-2-8-19(12-6-4-3-5-7-12)15(20)11-9-13(16)14(17)18-10-11/h1,9-10,12H,3-8H2. The SMILES string of the molecule is C#CCN(C(=O)c1cnc(Cl)c(Cl)c1)C1CCCCC1. The lowest BCUT2D eigenvalue weighted by molar-refractivity contribution is 0.0667. The Kier molecular flexibility index (Phi) is 5.28. The molecule has 20 heavy (non-hydrogen) atoms. The first-order chi connectivity index (χ1) is 9.63. The van der Waals surface area contributed by atoms with Crippen LogP contribution in [0.2, 0.25) is 10.2 Å². The lowest BCUT2D eigenvalue weighted by Crippen LogP contribution is -2.41. The second kappa shape index (κ2) is 6.97. The van der Waals surface area contributed by atoms with Crippen LogP contribution in [0.3, 0.4) is 0 Å². The van der Waals surface area contributed by atoms with Gasteiger partial charge in [-0.25, -0.2) is 4.98 Å². The Morgan fingerprint density at radius 1 is 1.40 bits per heavy atom. The summed E-state index contributed by atoms with van der Waals surface area (Å²) in [6, 6.07) is 1.76. The molecular weight excluding hydrogens is 295 g/mol. The molecule has 1 saturated carbocycles. The summed E-state index contributed by atoms with van der Waals surface area (Å²) in [7, 11) is 0. The predicted octanol–water partition coefficient (Wildman–Crippen LogP) is 3.80. The molecular formula is C15H16Cl2N2O. The molecule has 0 N–H and O–H groups in total. The molecule has 2 rings (SSSR count). The van der Waals surface area contributed by atoms with Crippen molar-refractivity contribution in [1.82, 2.24) is 9.88 Å². The number of rotatable bonds is 3. The third-order valence-corrected chi connectivity index (χ3v) is 4.27. The first-order valence-electron chi connectivity index (χ1n) is 6.69. The van der Waals surface area contributed by atoms with Crippen molar-refractivity contribution < 1.29 is 4.79 Å². The van der Waals surface area contributed by atoms with Crippen molar-refractivity contribution in [1.29, 1.82) is 0 Å². The molecule has 0 radical (unpaired) electrons. The third-order valence-electron chi connectivity index (χ3n) is 3.58. The number of halogens is 2. The van der Waals surface area contributed by atoms with Crippen molar-refractivity contribution >= 4 is 29.1 Å². The second-order valence-electron chi connectivity index (χ2n) is 4.93. The van der Waals surface area contributed by atoms with Crippen molar-refractivity contribution in [2.75, 3.05) is 6.54 Å². The van der Waals surface area contributed by atoms with Gasteiger partial charge in [0.2, 0.25) is 0 Å². The average molecular weight is 311 g/mol. The van der Waals surface area contributed by atoms with Crippen LogP contribution in [0.1, 0.15) is 42.5 Å². The van der Waals surface area contributed by atoms with E-state index in [0.29, 0.717) is 12.1 Å². The maximum absolute atomic E-state index is 12.6. The molecule has 0 aromatic carbocycles. The zero-order chi connectivity index (χ0) is 14.5. The molecule has 0 bridgehead atoms. The molecule has 106 valence electrons. The van der Waals surface area contributed by atoms with E-state index in [1.807, 2.05) is 0 Å². The van der Waals surface area contributed by atoms with Gasteiger partial charge in [0, 0.05) is 12.2 Å². The van der Waals surface area contributed by atoms with Crippen LogP contribution in [0.15, 0.2) is 12.3 Å². The Balaban J connectivity index is 2.21. The molecule has 5 heteroatoms.